The highest BCUT2D eigenvalue weighted by molar-refractivity contribution is 6.40. The molecule has 0 aliphatic carbocycles. The van der Waals surface area contributed by atoms with Crippen LogP contribution in [-0.4, -0.2) is 30.5 Å². The average Bonchev–Trinajstić information content (AvgIpc) is 2.45. The van der Waals surface area contributed by atoms with Gasteiger partial charge in [0.15, 0.2) is 0 Å². The Balaban J connectivity index is 2.42. The maximum atomic E-state index is 11.8. The molecular formula is C14H13NO4. The maximum Gasteiger partial charge on any atom is 0.379 e. The van der Waals surface area contributed by atoms with Gasteiger partial charge in [0.1, 0.15) is 0 Å². The van der Waals surface area contributed by atoms with Gasteiger partial charge in [-0.3, -0.25) is 4.79 Å². The molecule has 2 aromatic rings. The first-order valence-corrected chi connectivity index (χ1v) is 5.81. The first kappa shape index (κ1) is 13.0. The SMILES string of the molecule is CCOC(=O)C(=O)c1ccc2c(OC)nccc2c1. The zero-order valence-corrected chi connectivity index (χ0v) is 10.7. The summed E-state index contributed by atoms with van der Waals surface area (Å²) in [5.41, 5.74) is 0.291. The van der Waals surface area contributed by atoms with Gasteiger partial charge in [0.05, 0.1) is 13.7 Å². The summed E-state index contributed by atoms with van der Waals surface area (Å²) < 4.78 is 9.82. The number of methoxy groups -OCH3 is 1. The van der Waals surface area contributed by atoms with Crippen LogP contribution in [-0.2, 0) is 9.53 Å². The quantitative estimate of drug-likeness (QED) is 0.477. The molecule has 0 atom stereocenters. The third-order valence-electron chi connectivity index (χ3n) is 2.64. The number of hydrogen-bond acceptors (Lipinski definition) is 5. The number of esters is 1. The number of aromatic nitrogens is 1. The topological polar surface area (TPSA) is 65.5 Å². The lowest BCUT2D eigenvalue weighted by Gasteiger charge is -2.05. The molecule has 5 heteroatoms. The first-order chi connectivity index (χ1) is 9.17. The summed E-state index contributed by atoms with van der Waals surface area (Å²) in [6.45, 7) is 1.83. The van der Waals surface area contributed by atoms with E-state index in [0.29, 0.717) is 11.4 Å². The fraction of sp³-hybridized carbons (Fsp3) is 0.214. The fourth-order valence-corrected chi connectivity index (χ4v) is 1.77. The standard InChI is InChI=1S/C14H13NO4/c1-3-19-14(17)12(16)10-4-5-11-9(8-10)6-7-15-13(11)18-2/h4-8H,3H2,1-2H3. The lowest BCUT2D eigenvalue weighted by Crippen LogP contribution is -2.17. The van der Waals surface area contributed by atoms with Crippen LogP contribution in [0.15, 0.2) is 30.5 Å². The van der Waals surface area contributed by atoms with Crippen LogP contribution < -0.4 is 4.74 Å². The van der Waals surface area contributed by atoms with Crippen molar-refractivity contribution in [2.24, 2.45) is 0 Å². The average molecular weight is 259 g/mol. The summed E-state index contributed by atoms with van der Waals surface area (Å²) in [5.74, 6) is -1.02. The second-order valence-corrected chi connectivity index (χ2v) is 3.81. The van der Waals surface area contributed by atoms with Gasteiger partial charge < -0.3 is 9.47 Å². The van der Waals surface area contributed by atoms with Gasteiger partial charge in [-0.15, -0.1) is 0 Å². The van der Waals surface area contributed by atoms with Crippen LogP contribution in [0.2, 0.25) is 0 Å². The van der Waals surface area contributed by atoms with Crippen LogP contribution in [0.3, 0.4) is 0 Å². The van der Waals surface area contributed by atoms with E-state index in [1.54, 1.807) is 37.4 Å². The Bertz CT molecular complexity index is 636. The van der Waals surface area contributed by atoms with Crippen LogP contribution in [0.5, 0.6) is 5.88 Å². The number of ether oxygens (including phenoxy) is 2. The van der Waals surface area contributed by atoms with Gasteiger partial charge in [-0.1, -0.05) is 0 Å². The maximum absolute atomic E-state index is 11.8. The second-order valence-electron chi connectivity index (χ2n) is 3.81. The number of carbonyl (C=O) groups is 2. The first-order valence-electron chi connectivity index (χ1n) is 5.81. The van der Waals surface area contributed by atoms with Gasteiger partial charge in [-0.05, 0) is 36.6 Å². The Hall–Kier alpha value is -2.43. The molecule has 0 aliphatic heterocycles. The molecule has 0 unspecified atom stereocenters. The number of Topliss-reactive ketones (excluding diaryl/α,β-unsaturated/α-hetero) is 1. The van der Waals surface area contributed by atoms with Gasteiger partial charge in [0.2, 0.25) is 5.88 Å². The van der Waals surface area contributed by atoms with Crippen molar-refractivity contribution in [3.05, 3.63) is 36.0 Å². The lowest BCUT2D eigenvalue weighted by molar-refractivity contribution is -0.137. The predicted molar refractivity (Wildman–Crippen MR) is 69.3 cm³/mol. The van der Waals surface area contributed by atoms with Crippen LogP contribution in [0.25, 0.3) is 10.8 Å². The van der Waals surface area contributed by atoms with Crippen LogP contribution in [0, 0.1) is 0 Å². The summed E-state index contributed by atoms with van der Waals surface area (Å²) in [6, 6.07) is 6.64. The summed E-state index contributed by atoms with van der Waals surface area (Å²) in [7, 11) is 1.53. The van der Waals surface area contributed by atoms with Crippen molar-refractivity contribution in [1.29, 1.82) is 0 Å². The molecule has 0 spiro atoms. The van der Waals surface area contributed by atoms with Crippen LogP contribution in [0.4, 0.5) is 0 Å². The Morgan fingerprint density at radius 3 is 2.74 bits per heavy atom. The molecule has 1 aromatic carbocycles. The van der Waals surface area contributed by atoms with E-state index in [2.05, 4.69) is 9.72 Å². The van der Waals surface area contributed by atoms with E-state index in [0.717, 1.165) is 10.8 Å². The summed E-state index contributed by atoms with van der Waals surface area (Å²) in [4.78, 5) is 27.3. The molecular weight excluding hydrogens is 246 g/mol. The van der Waals surface area contributed by atoms with Crippen molar-refractivity contribution < 1.29 is 19.1 Å². The molecule has 1 heterocycles. The highest BCUT2D eigenvalue weighted by atomic mass is 16.5. The molecule has 0 aliphatic rings. The van der Waals surface area contributed by atoms with Gasteiger partial charge in [0, 0.05) is 17.1 Å². The van der Waals surface area contributed by atoms with E-state index in [9.17, 15) is 9.59 Å². The molecule has 98 valence electrons. The van der Waals surface area contributed by atoms with E-state index < -0.39 is 11.8 Å². The monoisotopic (exact) mass is 259 g/mol. The smallest absolute Gasteiger partial charge is 0.379 e. The Labute approximate surface area is 110 Å². The number of fused-ring (bicyclic) bond motifs is 1. The molecule has 0 amide bonds. The molecule has 1 aromatic heterocycles. The molecule has 0 fully saturated rings. The minimum atomic E-state index is -0.845. The third-order valence-corrected chi connectivity index (χ3v) is 2.64. The number of hydrogen-bond donors (Lipinski definition) is 0. The zero-order chi connectivity index (χ0) is 13.8. The summed E-state index contributed by atoms with van der Waals surface area (Å²) in [6.07, 6.45) is 1.58. The van der Waals surface area contributed by atoms with Crippen LogP contribution in [0.1, 0.15) is 17.3 Å². The fourth-order valence-electron chi connectivity index (χ4n) is 1.77. The van der Waals surface area contributed by atoms with E-state index >= 15 is 0 Å². The molecule has 0 saturated heterocycles. The number of rotatable bonds is 4. The highest BCUT2D eigenvalue weighted by Crippen LogP contribution is 2.23. The number of pyridine rings is 1. The Kier molecular flexibility index (Phi) is 3.75. The highest BCUT2D eigenvalue weighted by Gasteiger charge is 2.18. The summed E-state index contributed by atoms with van der Waals surface area (Å²) >= 11 is 0. The van der Waals surface area contributed by atoms with Crippen molar-refractivity contribution in [2.75, 3.05) is 13.7 Å². The zero-order valence-electron chi connectivity index (χ0n) is 10.7. The van der Waals surface area contributed by atoms with Gasteiger partial charge in [0.25, 0.3) is 5.78 Å². The van der Waals surface area contributed by atoms with E-state index in [-0.39, 0.29) is 6.61 Å². The van der Waals surface area contributed by atoms with E-state index in [1.807, 2.05) is 0 Å². The minimum Gasteiger partial charge on any atom is -0.481 e. The number of ketones is 1. The Morgan fingerprint density at radius 2 is 2.05 bits per heavy atom. The van der Waals surface area contributed by atoms with E-state index in [1.165, 1.54) is 7.11 Å². The van der Waals surface area contributed by atoms with Crippen molar-refractivity contribution in [3.63, 3.8) is 0 Å². The minimum absolute atomic E-state index is 0.176. The van der Waals surface area contributed by atoms with Crippen molar-refractivity contribution in [3.8, 4) is 5.88 Å². The number of benzene rings is 1. The van der Waals surface area contributed by atoms with Gasteiger partial charge in [-0.25, -0.2) is 9.78 Å². The molecule has 5 nitrogen and oxygen atoms in total. The van der Waals surface area contributed by atoms with Crippen molar-refractivity contribution in [1.82, 2.24) is 4.98 Å². The molecule has 0 N–H and O–H groups in total. The largest absolute Gasteiger partial charge is 0.481 e. The van der Waals surface area contributed by atoms with Crippen LogP contribution >= 0.6 is 0 Å². The predicted octanol–water partition coefficient (Wildman–Crippen LogP) is 1.99. The summed E-state index contributed by atoms with van der Waals surface area (Å²) in [5, 5.41) is 1.56. The van der Waals surface area contributed by atoms with Crippen molar-refractivity contribution in [2.45, 2.75) is 6.92 Å². The molecule has 0 radical (unpaired) electrons. The number of carbonyl (C=O) groups excluding carboxylic acids is 2. The molecule has 2 rings (SSSR count). The molecule has 0 saturated carbocycles. The van der Waals surface area contributed by atoms with Gasteiger partial charge in [-0.2, -0.15) is 0 Å². The third kappa shape index (κ3) is 2.54. The van der Waals surface area contributed by atoms with Gasteiger partial charge >= 0.3 is 5.97 Å². The normalized spacial score (nSPS) is 10.2. The van der Waals surface area contributed by atoms with E-state index in [4.69, 9.17) is 4.74 Å². The second kappa shape index (κ2) is 5.48. The Morgan fingerprint density at radius 1 is 1.26 bits per heavy atom. The molecule has 0 bridgehead atoms. The van der Waals surface area contributed by atoms with Crippen molar-refractivity contribution >= 4 is 22.5 Å². The molecule has 19 heavy (non-hydrogen) atoms. The number of nitrogens with zero attached hydrogens (tertiary/aromatic N) is 1. The lowest BCUT2D eigenvalue weighted by atomic mass is 10.1.